The van der Waals surface area contributed by atoms with Crippen LogP contribution in [0.15, 0.2) is 0 Å². The highest BCUT2D eigenvalue weighted by Gasteiger charge is 2.43. The zero-order valence-electron chi connectivity index (χ0n) is 12.8. The number of unbranched alkanes of at least 4 members (excludes halogenated alkanes) is 3. The van der Waals surface area contributed by atoms with Crippen molar-refractivity contribution in [2.45, 2.75) is 70.8 Å². The Bertz CT molecular complexity index is 431. The summed E-state index contributed by atoms with van der Waals surface area (Å²) < 4.78 is 9.31. The van der Waals surface area contributed by atoms with E-state index in [0.29, 0.717) is 5.92 Å². The second kappa shape index (κ2) is 6.52. The molecule has 20 heavy (non-hydrogen) atoms. The largest absolute Gasteiger partial charge is 0.300 e. The van der Waals surface area contributed by atoms with Crippen LogP contribution < -0.4 is 0 Å². The van der Waals surface area contributed by atoms with E-state index in [1.165, 1.54) is 74.7 Å². The first-order valence-electron chi connectivity index (χ1n) is 8.36. The van der Waals surface area contributed by atoms with Crippen molar-refractivity contribution in [3.05, 3.63) is 11.4 Å². The third kappa shape index (κ3) is 2.77. The molecule has 112 valence electrons. The zero-order valence-corrected chi connectivity index (χ0v) is 13.7. The predicted molar refractivity (Wildman–Crippen MR) is 84.3 cm³/mol. The van der Waals surface area contributed by atoms with Crippen molar-refractivity contribution in [3.8, 4) is 0 Å². The molecule has 0 saturated carbocycles. The van der Waals surface area contributed by atoms with Crippen LogP contribution in [0.2, 0.25) is 0 Å². The summed E-state index contributed by atoms with van der Waals surface area (Å²) >= 11 is 1.43. The van der Waals surface area contributed by atoms with E-state index in [2.05, 4.69) is 23.1 Å². The summed E-state index contributed by atoms with van der Waals surface area (Å²) in [4.78, 5) is 2.67. The van der Waals surface area contributed by atoms with Crippen LogP contribution in [0.3, 0.4) is 0 Å². The Morgan fingerprint density at radius 3 is 2.95 bits per heavy atom. The zero-order chi connectivity index (χ0) is 13.9. The molecule has 1 aromatic heterocycles. The molecular formula is C16H27N3S. The lowest BCUT2D eigenvalue weighted by molar-refractivity contribution is 0.190. The van der Waals surface area contributed by atoms with Crippen molar-refractivity contribution in [2.75, 3.05) is 13.1 Å². The maximum absolute atomic E-state index is 4.70. The number of aromatic nitrogens is 2. The van der Waals surface area contributed by atoms with Crippen LogP contribution in [0.5, 0.6) is 0 Å². The summed E-state index contributed by atoms with van der Waals surface area (Å²) in [7, 11) is 0. The van der Waals surface area contributed by atoms with E-state index in [1.807, 2.05) is 0 Å². The van der Waals surface area contributed by atoms with Crippen LogP contribution in [0.1, 0.15) is 69.7 Å². The molecule has 2 fully saturated rings. The number of nitrogens with zero attached hydrogens (tertiary/aromatic N) is 3. The lowest BCUT2D eigenvalue weighted by Gasteiger charge is -2.30. The van der Waals surface area contributed by atoms with Crippen LogP contribution in [-0.4, -0.2) is 32.8 Å². The first kappa shape index (κ1) is 14.5. The third-order valence-corrected chi connectivity index (χ3v) is 5.91. The van der Waals surface area contributed by atoms with Gasteiger partial charge < -0.3 is 0 Å². The molecule has 4 atom stereocenters. The molecule has 0 spiro atoms. The summed E-state index contributed by atoms with van der Waals surface area (Å²) in [6.07, 6.45) is 9.17. The Morgan fingerprint density at radius 2 is 2.15 bits per heavy atom. The van der Waals surface area contributed by atoms with Crippen LogP contribution in [0, 0.1) is 5.92 Å². The lowest BCUT2D eigenvalue weighted by Crippen LogP contribution is -2.34. The second-order valence-electron chi connectivity index (χ2n) is 6.55. The van der Waals surface area contributed by atoms with E-state index in [0.717, 1.165) is 18.4 Å². The van der Waals surface area contributed by atoms with E-state index in [-0.39, 0.29) is 0 Å². The van der Waals surface area contributed by atoms with Crippen LogP contribution in [-0.2, 0) is 6.42 Å². The molecule has 2 bridgehead atoms. The average Bonchev–Trinajstić information content (AvgIpc) is 2.95. The molecule has 3 heterocycles. The number of hydrogen-bond donors (Lipinski definition) is 0. The van der Waals surface area contributed by atoms with Crippen LogP contribution in [0.4, 0.5) is 0 Å². The van der Waals surface area contributed by atoms with Gasteiger partial charge in [-0.25, -0.2) is 0 Å². The summed E-state index contributed by atoms with van der Waals surface area (Å²) in [6.45, 7) is 7.19. The Hall–Kier alpha value is -0.480. The highest BCUT2D eigenvalue weighted by Crippen LogP contribution is 2.43. The smallest absolute Gasteiger partial charge is 0.0822 e. The van der Waals surface area contributed by atoms with Crippen LogP contribution in [0.25, 0.3) is 0 Å². The Labute approximate surface area is 127 Å². The first-order valence-corrected chi connectivity index (χ1v) is 9.09. The average molecular weight is 293 g/mol. The van der Waals surface area contributed by atoms with Gasteiger partial charge in [0.25, 0.3) is 0 Å². The van der Waals surface area contributed by atoms with Gasteiger partial charge in [0, 0.05) is 18.5 Å². The van der Waals surface area contributed by atoms with Crippen molar-refractivity contribution < 1.29 is 0 Å². The van der Waals surface area contributed by atoms with Gasteiger partial charge in [0.05, 0.1) is 23.1 Å². The minimum atomic E-state index is 0.660. The fourth-order valence-corrected chi connectivity index (χ4v) is 4.76. The Kier molecular flexibility index (Phi) is 4.72. The van der Waals surface area contributed by atoms with Gasteiger partial charge in [-0.05, 0) is 45.1 Å². The minimum Gasteiger partial charge on any atom is -0.300 e. The first-order chi connectivity index (χ1) is 9.81. The van der Waals surface area contributed by atoms with Gasteiger partial charge in [0.2, 0.25) is 0 Å². The van der Waals surface area contributed by atoms with Crippen molar-refractivity contribution in [3.63, 3.8) is 0 Å². The monoisotopic (exact) mass is 293 g/mol. The summed E-state index contributed by atoms with van der Waals surface area (Å²) in [5.41, 5.74) is 2.67. The van der Waals surface area contributed by atoms with Gasteiger partial charge >= 0.3 is 0 Å². The predicted octanol–water partition coefficient (Wildman–Crippen LogP) is 3.86. The quantitative estimate of drug-likeness (QED) is 0.746. The van der Waals surface area contributed by atoms with Crippen molar-refractivity contribution in [2.24, 2.45) is 5.92 Å². The summed E-state index contributed by atoms with van der Waals surface area (Å²) in [6, 6.07) is 0.753. The number of aryl methyl sites for hydroxylation is 1. The number of rotatable bonds is 6. The van der Waals surface area contributed by atoms with E-state index >= 15 is 0 Å². The molecule has 2 aliphatic rings. The molecule has 0 aromatic carbocycles. The van der Waals surface area contributed by atoms with Crippen molar-refractivity contribution in [1.29, 1.82) is 0 Å². The van der Waals surface area contributed by atoms with Crippen molar-refractivity contribution >= 4 is 11.7 Å². The second-order valence-corrected chi connectivity index (χ2v) is 7.08. The van der Waals surface area contributed by atoms with Gasteiger partial charge in [0.15, 0.2) is 0 Å². The lowest BCUT2D eigenvalue weighted by atomic mass is 9.83. The molecule has 0 amide bonds. The number of hydrogen-bond acceptors (Lipinski definition) is 4. The number of fused-ring (bicyclic) bond motifs is 2. The fraction of sp³-hybridized carbons (Fsp3) is 0.875. The Morgan fingerprint density at radius 1 is 1.25 bits per heavy atom. The number of piperidine rings is 1. The minimum absolute atomic E-state index is 0.660. The molecule has 0 N–H and O–H groups in total. The Balaban J connectivity index is 1.67. The highest BCUT2D eigenvalue weighted by molar-refractivity contribution is 6.99. The highest BCUT2D eigenvalue weighted by atomic mass is 32.1. The molecule has 0 aliphatic carbocycles. The SMILES string of the molecule is CCCCCCc1nsnc1C1CN2CCCC1C2C. The third-order valence-electron chi connectivity index (χ3n) is 5.33. The van der Waals surface area contributed by atoms with Crippen molar-refractivity contribution in [1.82, 2.24) is 13.6 Å². The maximum Gasteiger partial charge on any atom is 0.0822 e. The standard InChI is InChI=1S/C16H27N3S/c1-3-4-5-6-9-15-16(18-20-17-15)14-11-19-10-7-8-13(14)12(19)2/h12-14H,3-11H2,1-2H3. The molecule has 4 unspecified atom stereocenters. The van der Waals surface area contributed by atoms with Gasteiger partial charge in [0.1, 0.15) is 0 Å². The van der Waals surface area contributed by atoms with Crippen LogP contribution >= 0.6 is 11.7 Å². The normalized spacial score (nSPS) is 32.7. The molecule has 4 heteroatoms. The van der Waals surface area contributed by atoms with Gasteiger partial charge in [-0.1, -0.05) is 26.2 Å². The molecule has 2 saturated heterocycles. The fourth-order valence-electron chi connectivity index (χ4n) is 4.11. The van der Waals surface area contributed by atoms with Gasteiger partial charge in [-0.3, -0.25) is 4.90 Å². The van der Waals surface area contributed by atoms with E-state index in [1.54, 1.807) is 0 Å². The van der Waals surface area contributed by atoms with E-state index in [4.69, 9.17) is 4.37 Å². The summed E-state index contributed by atoms with van der Waals surface area (Å²) in [5, 5.41) is 0. The molecular weight excluding hydrogens is 266 g/mol. The van der Waals surface area contributed by atoms with E-state index in [9.17, 15) is 0 Å². The topological polar surface area (TPSA) is 29.0 Å². The summed E-state index contributed by atoms with van der Waals surface area (Å²) in [5.74, 6) is 1.48. The van der Waals surface area contributed by atoms with Gasteiger partial charge in [-0.2, -0.15) is 8.75 Å². The molecule has 2 aliphatic heterocycles. The maximum atomic E-state index is 4.70. The van der Waals surface area contributed by atoms with E-state index < -0.39 is 0 Å². The van der Waals surface area contributed by atoms with Gasteiger partial charge in [-0.15, -0.1) is 0 Å². The molecule has 3 rings (SSSR count). The molecule has 1 aromatic rings. The molecule has 0 radical (unpaired) electrons. The molecule has 3 nitrogen and oxygen atoms in total.